The summed E-state index contributed by atoms with van der Waals surface area (Å²) in [4.78, 5) is 1.76. The SMILES string of the molecule is CNC1CCC(C)CC1CN(C)CC(F)F. The van der Waals surface area contributed by atoms with E-state index in [0.29, 0.717) is 12.0 Å². The van der Waals surface area contributed by atoms with Gasteiger partial charge in [0.25, 0.3) is 6.43 Å². The summed E-state index contributed by atoms with van der Waals surface area (Å²) in [5.41, 5.74) is 0. The largest absolute Gasteiger partial charge is 0.317 e. The Morgan fingerprint density at radius 1 is 1.38 bits per heavy atom. The van der Waals surface area contributed by atoms with Crippen LogP contribution in [0.5, 0.6) is 0 Å². The summed E-state index contributed by atoms with van der Waals surface area (Å²) in [7, 11) is 3.76. The molecule has 1 N–H and O–H groups in total. The third kappa shape index (κ3) is 4.34. The van der Waals surface area contributed by atoms with Gasteiger partial charge in [-0.1, -0.05) is 6.92 Å². The van der Waals surface area contributed by atoms with Gasteiger partial charge in [0.05, 0.1) is 6.54 Å². The second kappa shape index (κ2) is 6.50. The molecular weight excluding hydrogens is 210 g/mol. The molecule has 96 valence electrons. The lowest BCUT2D eigenvalue weighted by molar-refractivity contribution is 0.0805. The summed E-state index contributed by atoms with van der Waals surface area (Å²) in [6.45, 7) is 2.92. The fourth-order valence-electron chi connectivity index (χ4n) is 2.79. The molecule has 3 atom stereocenters. The molecule has 0 aromatic rings. The van der Waals surface area contributed by atoms with E-state index in [1.54, 1.807) is 11.9 Å². The maximum absolute atomic E-state index is 12.2. The lowest BCUT2D eigenvalue weighted by atomic mass is 9.78. The smallest absolute Gasteiger partial charge is 0.251 e. The van der Waals surface area contributed by atoms with Crippen LogP contribution in [0, 0.1) is 11.8 Å². The molecule has 0 heterocycles. The first-order chi connectivity index (χ1) is 7.52. The van der Waals surface area contributed by atoms with E-state index in [9.17, 15) is 8.78 Å². The van der Waals surface area contributed by atoms with Gasteiger partial charge in [0, 0.05) is 12.6 Å². The highest BCUT2D eigenvalue weighted by Gasteiger charge is 2.28. The van der Waals surface area contributed by atoms with Crippen molar-refractivity contribution in [3.63, 3.8) is 0 Å². The van der Waals surface area contributed by atoms with Gasteiger partial charge in [-0.05, 0) is 45.2 Å². The molecule has 0 aromatic carbocycles. The van der Waals surface area contributed by atoms with E-state index in [4.69, 9.17) is 0 Å². The number of hydrogen-bond acceptors (Lipinski definition) is 2. The first-order valence-electron chi connectivity index (χ1n) is 6.16. The summed E-state index contributed by atoms with van der Waals surface area (Å²) in [5, 5.41) is 3.32. The van der Waals surface area contributed by atoms with E-state index < -0.39 is 6.43 Å². The van der Waals surface area contributed by atoms with Crippen LogP contribution >= 0.6 is 0 Å². The Morgan fingerprint density at radius 3 is 2.62 bits per heavy atom. The molecule has 0 amide bonds. The second-order valence-electron chi connectivity index (χ2n) is 5.19. The molecule has 0 aliphatic heterocycles. The third-order valence-corrected chi connectivity index (χ3v) is 3.61. The van der Waals surface area contributed by atoms with Gasteiger partial charge in [0.1, 0.15) is 0 Å². The van der Waals surface area contributed by atoms with Crippen LogP contribution in [0.3, 0.4) is 0 Å². The highest BCUT2D eigenvalue weighted by Crippen LogP contribution is 2.29. The number of nitrogens with one attached hydrogen (secondary N) is 1. The molecule has 0 aromatic heterocycles. The Labute approximate surface area is 97.4 Å². The van der Waals surface area contributed by atoms with Crippen molar-refractivity contribution in [1.29, 1.82) is 0 Å². The molecule has 3 unspecified atom stereocenters. The zero-order valence-corrected chi connectivity index (χ0v) is 10.5. The monoisotopic (exact) mass is 234 g/mol. The minimum Gasteiger partial charge on any atom is -0.317 e. The van der Waals surface area contributed by atoms with Crippen molar-refractivity contribution in [2.24, 2.45) is 11.8 Å². The molecule has 16 heavy (non-hydrogen) atoms. The van der Waals surface area contributed by atoms with Gasteiger partial charge < -0.3 is 10.2 Å². The van der Waals surface area contributed by atoms with Crippen LogP contribution in [-0.2, 0) is 0 Å². The fourth-order valence-corrected chi connectivity index (χ4v) is 2.79. The molecule has 0 spiro atoms. The van der Waals surface area contributed by atoms with Crippen molar-refractivity contribution in [2.75, 3.05) is 27.2 Å². The zero-order valence-electron chi connectivity index (χ0n) is 10.5. The molecule has 1 aliphatic rings. The van der Waals surface area contributed by atoms with Crippen LogP contribution in [0.4, 0.5) is 8.78 Å². The van der Waals surface area contributed by atoms with Gasteiger partial charge in [-0.15, -0.1) is 0 Å². The minimum absolute atomic E-state index is 0.110. The molecular formula is C12H24F2N2. The standard InChI is InChI=1S/C12H24F2N2/c1-9-4-5-11(15-2)10(6-9)7-16(3)8-12(13)14/h9-12,15H,4-8H2,1-3H3. The first kappa shape index (κ1) is 13.8. The Balaban J connectivity index is 2.42. The quantitative estimate of drug-likeness (QED) is 0.784. The number of alkyl halides is 2. The Hall–Kier alpha value is -0.220. The average molecular weight is 234 g/mol. The highest BCUT2D eigenvalue weighted by atomic mass is 19.3. The van der Waals surface area contributed by atoms with Crippen LogP contribution in [0.1, 0.15) is 26.2 Å². The van der Waals surface area contributed by atoms with E-state index in [2.05, 4.69) is 12.2 Å². The molecule has 0 bridgehead atoms. The van der Waals surface area contributed by atoms with Crippen LogP contribution in [0.15, 0.2) is 0 Å². The van der Waals surface area contributed by atoms with Crippen molar-refractivity contribution in [3.8, 4) is 0 Å². The molecule has 1 saturated carbocycles. The Morgan fingerprint density at radius 2 is 2.06 bits per heavy atom. The number of hydrogen-bond donors (Lipinski definition) is 1. The molecule has 4 heteroatoms. The molecule has 1 aliphatic carbocycles. The molecule has 0 radical (unpaired) electrons. The number of halogens is 2. The number of nitrogens with zero attached hydrogens (tertiary/aromatic N) is 1. The predicted octanol–water partition coefficient (Wildman–Crippen LogP) is 2.21. The Kier molecular flexibility index (Phi) is 5.62. The Bertz CT molecular complexity index is 199. The van der Waals surface area contributed by atoms with E-state index in [0.717, 1.165) is 18.9 Å². The second-order valence-corrected chi connectivity index (χ2v) is 5.19. The maximum atomic E-state index is 12.2. The fraction of sp³-hybridized carbons (Fsp3) is 1.00. The lowest BCUT2D eigenvalue weighted by Crippen LogP contribution is -2.44. The van der Waals surface area contributed by atoms with Gasteiger partial charge in [-0.3, -0.25) is 0 Å². The van der Waals surface area contributed by atoms with E-state index in [1.807, 2.05) is 7.05 Å². The van der Waals surface area contributed by atoms with Crippen LogP contribution in [0.2, 0.25) is 0 Å². The number of rotatable bonds is 5. The molecule has 2 nitrogen and oxygen atoms in total. The summed E-state index contributed by atoms with van der Waals surface area (Å²) >= 11 is 0. The van der Waals surface area contributed by atoms with Crippen LogP contribution in [-0.4, -0.2) is 44.6 Å². The van der Waals surface area contributed by atoms with Crippen molar-refractivity contribution in [2.45, 2.75) is 38.7 Å². The minimum atomic E-state index is -2.22. The summed E-state index contributed by atoms with van der Waals surface area (Å²) < 4.78 is 24.5. The molecule has 1 fully saturated rings. The first-order valence-corrected chi connectivity index (χ1v) is 6.16. The van der Waals surface area contributed by atoms with Gasteiger partial charge in [0.2, 0.25) is 0 Å². The predicted molar refractivity (Wildman–Crippen MR) is 62.9 cm³/mol. The van der Waals surface area contributed by atoms with Crippen molar-refractivity contribution >= 4 is 0 Å². The van der Waals surface area contributed by atoms with Crippen molar-refractivity contribution < 1.29 is 8.78 Å². The van der Waals surface area contributed by atoms with Crippen molar-refractivity contribution in [1.82, 2.24) is 10.2 Å². The normalized spacial score (nSPS) is 31.3. The maximum Gasteiger partial charge on any atom is 0.251 e. The average Bonchev–Trinajstić information content (AvgIpc) is 2.16. The van der Waals surface area contributed by atoms with Gasteiger partial charge in [0.15, 0.2) is 0 Å². The summed E-state index contributed by atoms with van der Waals surface area (Å²) in [5.74, 6) is 1.24. The van der Waals surface area contributed by atoms with E-state index in [1.165, 1.54) is 12.8 Å². The van der Waals surface area contributed by atoms with Crippen LogP contribution < -0.4 is 5.32 Å². The topological polar surface area (TPSA) is 15.3 Å². The third-order valence-electron chi connectivity index (χ3n) is 3.61. The summed E-state index contributed by atoms with van der Waals surface area (Å²) in [6.07, 6.45) is 1.35. The van der Waals surface area contributed by atoms with Crippen LogP contribution in [0.25, 0.3) is 0 Å². The zero-order chi connectivity index (χ0) is 12.1. The molecule has 1 rings (SSSR count). The van der Waals surface area contributed by atoms with Gasteiger partial charge in [-0.25, -0.2) is 8.78 Å². The summed E-state index contributed by atoms with van der Waals surface area (Å²) in [6, 6.07) is 0.497. The van der Waals surface area contributed by atoms with Gasteiger partial charge in [-0.2, -0.15) is 0 Å². The highest BCUT2D eigenvalue weighted by molar-refractivity contribution is 4.84. The van der Waals surface area contributed by atoms with E-state index in [-0.39, 0.29) is 6.54 Å². The van der Waals surface area contributed by atoms with Crippen molar-refractivity contribution in [3.05, 3.63) is 0 Å². The van der Waals surface area contributed by atoms with E-state index >= 15 is 0 Å². The molecule has 0 saturated heterocycles. The van der Waals surface area contributed by atoms with Gasteiger partial charge >= 0.3 is 0 Å². The lowest BCUT2D eigenvalue weighted by Gasteiger charge is -2.37.